The first-order valence-electron chi connectivity index (χ1n) is 6.61. The number of hydrogen-bond acceptors (Lipinski definition) is 4. The molecule has 0 amide bonds. The van der Waals surface area contributed by atoms with Crippen LogP contribution in [0, 0.1) is 0 Å². The Morgan fingerprint density at radius 2 is 2.33 bits per heavy atom. The number of ether oxygens (including phenoxy) is 2. The highest BCUT2D eigenvalue weighted by Crippen LogP contribution is 2.20. The molecule has 2 heterocycles. The van der Waals surface area contributed by atoms with E-state index in [0.717, 1.165) is 12.3 Å². The zero-order chi connectivity index (χ0) is 13.0. The molecule has 1 aliphatic rings. The van der Waals surface area contributed by atoms with Gasteiger partial charge in [-0.25, -0.2) is 0 Å². The fourth-order valence-corrected chi connectivity index (χ4v) is 2.11. The van der Waals surface area contributed by atoms with E-state index in [1.165, 1.54) is 5.56 Å². The molecule has 2 atom stereocenters. The molecule has 0 saturated carbocycles. The smallest absolute Gasteiger partial charge is 0.103 e. The molecule has 4 nitrogen and oxygen atoms in total. The lowest BCUT2D eigenvalue weighted by Crippen LogP contribution is -2.34. The lowest BCUT2D eigenvalue weighted by molar-refractivity contribution is 0.0478. The lowest BCUT2D eigenvalue weighted by atomic mass is 10.1. The second-order valence-corrected chi connectivity index (χ2v) is 4.94. The summed E-state index contributed by atoms with van der Waals surface area (Å²) in [4.78, 5) is 4.27. The summed E-state index contributed by atoms with van der Waals surface area (Å²) in [6.07, 6.45) is 3.91. The van der Waals surface area contributed by atoms with Gasteiger partial charge in [-0.2, -0.15) is 0 Å². The Balaban J connectivity index is 0.00000180. The van der Waals surface area contributed by atoms with Gasteiger partial charge in [0.15, 0.2) is 0 Å². The maximum absolute atomic E-state index is 5.66. The molecule has 1 saturated heterocycles. The first-order chi connectivity index (χ1) is 8.70. The van der Waals surface area contributed by atoms with Crippen molar-refractivity contribution in [3.63, 3.8) is 0 Å². The van der Waals surface area contributed by atoms with E-state index in [-0.39, 0.29) is 13.6 Å². The monoisotopic (exact) mass is 252 g/mol. The highest BCUT2D eigenvalue weighted by molar-refractivity contribution is 5.45. The van der Waals surface area contributed by atoms with Crippen molar-refractivity contribution < 1.29 is 10.9 Å². The van der Waals surface area contributed by atoms with Crippen LogP contribution in [0.25, 0.3) is 0 Å². The van der Waals surface area contributed by atoms with E-state index >= 15 is 0 Å². The number of aromatic nitrogens is 1. The van der Waals surface area contributed by atoms with Crippen molar-refractivity contribution in [2.45, 2.75) is 38.8 Å². The molecule has 1 N–H and O–H groups in total. The number of anilines is 1. The first kappa shape index (κ1) is 13.3. The topological polar surface area (TPSA) is 43.4 Å². The van der Waals surface area contributed by atoms with Crippen LogP contribution in [0.5, 0.6) is 0 Å². The summed E-state index contributed by atoms with van der Waals surface area (Å²) in [5.41, 5.74) is 2.29. The van der Waals surface area contributed by atoms with E-state index in [1.807, 2.05) is 19.3 Å². The van der Waals surface area contributed by atoms with Crippen LogP contribution in [-0.2, 0) is 9.47 Å². The van der Waals surface area contributed by atoms with Crippen molar-refractivity contribution >= 4 is 5.69 Å². The Morgan fingerprint density at radius 1 is 1.50 bits per heavy atom. The van der Waals surface area contributed by atoms with E-state index in [0.29, 0.717) is 19.1 Å². The predicted molar refractivity (Wildman–Crippen MR) is 74.1 cm³/mol. The molecule has 2 unspecified atom stereocenters. The standard InChI is InChI=1S/C14H22N2O2.H2/c1-4-18-14-9-17-8-13(14)16-12-5-11(10(2)3)6-15-7-12;/h5-7,10,13-14,16H,4,8-9H2,1-3H3;1H. The van der Waals surface area contributed by atoms with E-state index in [2.05, 4.69) is 30.2 Å². The van der Waals surface area contributed by atoms with Gasteiger partial charge in [0, 0.05) is 20.4 Å². The van der Waals surface area contributed by atoms with Gasteiger partial charge in [-0.3, -0.25) is 4.98 Å². The minimum atomic E-state index is 0. The number of nitrogens with zero attached hydrogens (tertiary/aromatic N) is 1. The van der Waals surface area contributed by atoms with Gasteiger partial charge in [0.2, 0.25) is 0 Å². The van der Waals surface area contributed by atoms with Gasteiger partial charge < -0.3 is 14.8 Å². The fraction of sp³-hybridized carbons (Fsp3) is 0.643. The van der Waals surface area contributed by atoms with Gasteiger partial charge in [0.25, 0.3) is 0 Å². The average Bonchev–Trinajstić information content (AvgIpc) is 2.77. The molecule has 0 radical (unpaired) electrons. The lowest BCUT2D eigenvalue weighted by Gasteiger charge is -2.20. The predicted octanol–water partition coefficient (Wildman–Crippen LogP) is 2.67. The van der Waals surface area contributed by atoms with Crippen LogP contribution < -0.4 is 5.32 Å². The molecule has 1 fully saturated rings. The van der Waals surface area contributed by atoms with Crippen molar-refractivity contribution in [3.05, 3.63) is 24.0 Å². The van der Waals surface area contributed by atoms with Crippen LogP contribution >= 0.6 is 0 Å². The third-order valence-corrected chi connectivity index (χ3v) is 3.19. The zero-order valence-corrected chi connectivity index (χ0v) is 11.3. The van der Waals surface area contributed by atoms with E-state index < -0.39 is 0 Å². The molecular weight excluding hydrogens is 228 g/mol. The minimum absolute atomic E-state index is 0. The largest absolute Gasteiger partial charge is 0.376 e. The van der Waals surface area contributed by atoms with E-state index in [1.54, 1.807) is 0 Å². The van der Waals surface area contributed by atoms with Gasteiger partial charge in [-0.05, 0) is 24.5 Å². The number of rotatable bonds is 5. The Hall–Kier alpha value is -1.13. The summed E-state index contributed by atoms with van der Waals surface area (Å²) in [5, 5.41) is 3.46. The molecule has 2 rings (SSSR count). The fourth-order valence-electron chi connectivity index (χ4n) is 2.11. The Morgan fingerprint density at radius 3 is 3.06 bits per heavy atom. The van der Waals surface area contributed by atoms with Crippen molar-refractivity contribution in [3.8, 4) is 0 Å². The van der Waals surface area contributed by atoms with Crippen LogP contribution in [0.3, 0.4) is 0 Å². The van der Waals surface area contributed by atoms with Crippen molar-refractivity contribution in [1.29, 1.82) is 0 Å². The average molecular weight is 252 g/mol. The molecular formula is C14H24N2O2. The summed E-state index contributed by atoms with van der Waals surface area (Å²) >= 11 is 0. The third-order valence-electron chi connectivity index (χ3n) is 3.19. The van der Waals surface area contributed by atoms with Crippen LogP contribution in [-0.4, -0.2) is 37.0 Å². The molecule has 0 aromatic carbocycles. The Labute approximate surface area is 110 Å². The highest BCUT2D eigenvalue weighted by atomic mass is 16.5. The molecule has 1 aromatic rings. The Kier molecular flexibility index (Phi) is 4.55. The van der Waals surface area contributed by atoms with E-state index in [4.69, 9.17) is 9.47 Å². The third kappa shape index (κ3) is 3.21. The van der Waals surface area contributed by atoms with Gasteiger partial charge in [0.1, 0.15) is 6.10 Å². The molecule has 4 heteroatoms. The number of nitrogens with one attached hydrogen (secondary N) is 1. The maximum Gasteiger partial charge on any atom is 0.103 e. The van der Waals surface area contributed by atoms with Gasteiger partial charge in [0.05, 0.1) is 24.9 Å². The summed E-state index contributed by atoms with van der Waals surface area (Å²) < 4.78 is 11.1. The molecule has 0 bridgehead atoms. The molecule has 102 valence electrons. The normalized spacial score (nSPS) is 23.6. The molecule has 0 aliphatic carbocycles. The quantitative estimate of drug-likeness (QED) is 0.875. The number of pyridine rings is 1. The van der Waals surface area contributed by atoms with Crippen LogP contribution in [0.2, 0.25) is 0 Å². The summed E-state index contributed by atoms with van der Waals surface area (Å²) in [5.74, 6) is 0.488. The molecule has 0 spiro atoms. The van der Waals surface area contributed by atoms with Crippen LogP contribution in [0.15, 0.2) is 18.5 Å². The van der Waals surface area contributed by atoms with Crippen LogP contribution in [0.4, 0.5) is 5.69 Å². The molecule has 18 heavy (non-hydrogen) atoms. The van der Waals surface area contributed by atoms with Crippen molar-refractivity contribution in [2.75, 3.05) is 25.1 Å². The van der Waals surface area contributed by atoms with Crippen molar-refractivity contribution in [2.24, 2.45) is 0 Å². The molecule has 1 aromatic heterocycles. The maximum atomic E-state index is 5.66. The van der Waals surface area contributed by atoms with Gasteiger partial charge in [-0.1, -0.05) is 13.8 Å². The molecule has 1 aliphatic heterocycles. The number of hydrogen-bond donors (Lipinski definition) is 1. The highest BCUT2D eigenvalue weighted by Gasteiger charge is 2.28. The van der Waals surface area contributed by atoms with E-state index in [9.17, 15) is 0 Å². The van der Waals surface area contributed by atoms with Gasteiger partial charge in [-0.15, -0.1) is 0 Å². The first-order valence-corrected chi connectivity index (χ1v) is 6.61. The zero-order valence-electron chi connectivity index (χ0n) is 11.3. The summed E-state index contributed by atoms with van der Waals surface area (Å²) in [7, 11) is 0. The Bertz CT molecular complexity index is 387. The van der Waals surface area contributed by atoms with Crippen molar-refractivity contribution in [1.82, 2.24) is 4.98 Å². The second-order valence-electron chi connectivity index (χ2n) is 4.94. The minimum Gasteiger partial charge on any atom is -0.376 e. The summed E-state index contributed by atoms with van der Waals surface area (Å²) in [6, 6.07) is 2.37. The summed E-state index contributed by atoms with van der Waals surface area (Å²) in [6.45, 7) is 8.43. The second kappa shape index (κ2) is 6.16. The van der Waals surface area contributed by atoms with Gasteiger partial charge >= 0.3 is 0 Å². The van der Waals surface area contributed by atoms with Crippen LogP contribution in [0.1, 0.15) is 33.7 Å². The SMILES string of the molecule is CCOC1COCC1Nc1cncc(C(C)C)c1.[HH].